The first-order valence-electron chi connectivity index (χ1n) is 39.5. The number of methoxy groups -OCH3 is 3. The highest BCUT2D eigenvalue weighted by atomic mass is 79.9. The number of rotatable bonds is 22. The van der Waals surface area contributed by atoms with E-state index >= 15 is 0 Å². The number of hydroxylamine groups is 4. The van der Waals surface area contributed by atoms with Crippen LogP contribution in [0, 0.1) is 0 Å². The number of carbonyl (C=O) groups is 5. The van der Waals surface area contributed by atoms with Gasteiger partial charge < -0.3 is 46.3 Å². The van der Waals surface area contributed by atoms with Crippen LogP contribution in [0.3, 0.4) is 0 Å². The molecule has 0 unspecified atom stereocenters. The summed E-state index contributed by atoms with van der Waals surface area (Å²) in [5, 5.41) is 51.2. The molecule has 10 heterocycles. The second-order valence-corrected chi connectivity index (χ2v) is 28.9. The Morgan fingerprint density at radius 3 is 0.879 bits per heavy atom. The SMILES string of the molecule is CN(O)C(=O)c1ccc(Nc2ncn(-c3ccc(C(F)(F)F)cc3)n2)cn1.COC(=O)c1ccc(Br)cn1.COC(=O)c1ccc(Nc2ncn(-c3ccc(C(F)(F)F)cc3)n2)cn1.COc1ccc(CON(C)C(=O)c2ccc(Nc3ncn(-c4ccc(C(F)(F)F)cc4)n3)cn2)cc1.Nc1ncn(-c2ccc(C(F)(F)F)cc2)n1.O=C(O)c1ccc(Nc2ncn(-c3ccc(C(F)(F)F)cc3)n2)cn1. The van der Waals surface area contributed by atoms with Gasteiger partial charge in [-0.2, -0.15) is 85.8 Å². The van der Waals surface area contributed by atoms with Gasteiger partial charge in [0.05, 0.1) is 125 Å². The van der Waals surface area contributed by atoms with Crippen molar-refractivity contribution in [2.24, 2.45) is 0 Å². The molecule has 0 aliphatic carbocycles. The number of carboxylic acid groups (broad SMARTS) is 1. The Morgan fingerprint density at radius 2 is 0.631 bits per heavy atom. The van der Waals surface area contributed by atoms with Crippen molar-refractivity contribution < 1.29 is 119 Å². The number of amides is 2. The number of hydrogen-bond donors (Lipinski definition) is 7. The fourth-order valence-electron chi connectivity index (χ4n) is 11.1. The van der Waals surface area contributed by atoms with Gasteiger partial charge in [-0.1, -0.05) is 12.1 Å². The quantitative estimate of drug-likeness (QED) is 0.0143. The van der Waals surface area contributed by atoms with Gasteiger partial charge in [-0.3, -0.25) is 19.6 Å². The van der Waals surface area contributed by atoms with Gasteiger partial charge in [-0.25, -0.2) is 77.8 Å². The number of halogens is 16. The maximum absolute atomic E-state index is 12.7. The molecule has 16 rings (SSSR count). The smallest absolute Gasteiger partial charge is 0.416 e. The minimum Gasteiger partial charge on any atom is -0.497 e. The molecule has 0 radical (unpaired) electrons. The van der Waals surface area contributed by atoms with Crippen molar-refractivity contribution in [2.75, 3.05) is 62.4 Å². The Kier molecular flexibility index (Phi) is 34.0. The van der Waals surface area contributed by atoms with Crippen LogP contribution >= 0.6 is 15.9 Å². The molecule has 0 saturated carbocycles. The third kappa shape index (κ3) is 30.1. The van der Waals surface area contributed by atoms with E-state index in [-0.39, 0.29) is 59.1 Å². The van der Waals surface area contributed by atoms with E-state index < -0.39 is 88.4 Å². The fourth-order valence-corrected chi connectivity index (χ4v) is 11.3. The summed E-state index contributed by atoms with van der Waals surface area (Å²) < 4.78 is 210. The summed E-state index contributed by atoms with van der Waals surface area (Å²) in [5.74, 6) is -1.61. The number of anilines is 9. The number of alkyl halides is 15. The van der Waals surface area contributed by atoms with Gasteiger partial charge in [0.2, 0.25) is 29.7 Å². The van der Waals surface area contributed by atoms with Crippen LogP contribution in [0.15, 0.2) is 273 Å². The molecule has 0 spiro atoms. The number of nitrogen functional groups attached to an aromatic ring is 1. The summed E-state index contributed by atoms with van der Waals surface area (Å²) in [7, 11) is 6.85. The molecule has 0 fully saturated rings. The second-order valence-electron chi connectivity index (χ2n) is 28.0. The lowest BCUT2D eigenvalue weighted by molar-refractivity contribution is -0.138. The fraction of sp³-hybridized carbons (Fsp3) is 0.126. The zero-order valence-electron chi connectivity index (χ0n) is 72.6. The molecule has 2 amide bonds. The lowest BCUT2D eigenvalue weighted by atomic mass is 10.2. The standard InChI is InChI=1S/C24H21F3N6O3.C16H13F3N6O2.C16H12F3N5O2.C15H10F3N5O2.C9H7F3N4.C7H6BrNO2/c1-32(36-14-16-3-10-20(35-2)11-4-16)22(34)21-12-7-18(13-28-21)30-23-29-15-33(31-23)19-8-5-17(6-9-19)24(25,26)27;1-24(27)14(26)13-7-4-11(8-20-13)22-15-21-9-25(23-15)12-5-2-10(3-6-12)16(17,18)19;1-26-14(25)13-7-4-11(8-20-13)22-15-21-9-24(23-15)12-5-2-10(3-6-12)16(17,18)19;16-15(17,18)9-1-4-11(5-2-9)23-8-20-14(22-23)21-10-3-6-12(13(24)25)19-7-10;10-9(11,12)6-1-3-7(4-2-6)16-5-14-8(13)15-16;1-11-7(10)6-3-2-5(8)4-9-6/h3-13,15H,14H2,1-2H3,(H,30,31);2-9,27H,1H3,(H,22,23);2-9H,1H3,(H,22,23);1-8H,(H,21,22)(H,24,25);1-5H,(H2,13,15);2-4H,1H3. The average molecular weight is 2030 g/mol. The van der Waals surface area contributed by atoms with Crippen LogP contribution in [0.4, 0.5) is 118 Å². The van der Waals surface area contributed by atoms with Gasteiger partial charge in [0.25, 0.3) is 11.8 Å². The third-order valence-corrected chi connectivity index (χ3v) is 18.7. The summed E-state index contributed by atoms with van der Waals surface area (Å²) >= 11 is 3.20. The molecule has 0 aliphatic heterocycles. The predicted molar refractivity (Wildman–Crippen MR) is 472 cm³/mol. The number of ether oxygens (including phenoxy) is 3. The van der Waals surface area contributed by atoms with Gasteiger partial charge in [0.1, 0.15) is 72.5 Å². The van der Waals surface area contributed by atoms with Crippen molar-refractivity contribution in [3.8, 4) is 34.2 Å². The molecule has 0 bridgehead atoms. The van der Waals surface area contributed by atoms with Crippen LogP contribution < -0.4 is 31.7 Å². The zero-order valence-corrected chi connectivity index (χ0v) is 74.2. The monoisotopic (exact) mass is 2030 g/mol. The van der Waals surface area contributed by atoms with Crippen molar-refractivity contribution in [3.05, 3.63) is 335 Å². The van der Waals surface area contributed by atoms with E-state index in [0.29, 0.717) is 61.9 Å². The molecule has 6 aromatic carbocycles. The predicted octanol–water partition coefficient (Wildman–Crippen LogP) is 17.4. The summed E-state index contributed by atoms with van der Waals surface area (Å²) in [6.07, 6.45) is -8.14. The number of benzene rings is 6. The number of nitrogens with two attached hydrogens (primary N) is 1. The Labute approximate surface area is 792 Å². The van der Waals surface area contributed by atoms with Crippen molar-refractivity contribution in [2.45, 2.75) is 37.5 Å². The van der Waals surface area contributed by atoms with Crippen LogP contribution in [0.2, 0.25) is 0 Å². The molecule has 0 aliphatic rings. The zero-order chi connectivity index (χ0) is 102. The first-order chi connectivity index (χ1) is 66.9. The van der Waals surface area contributed by atoms with E-state index in [2.05, 4.69) is 122 Å². The third-order valence-electron chi connectivity index (χ3n) is 18.2. The highest BCUT2D eigenvalue weighted by Gasteiger charge is 2.34. The minimum atomic E-state index is -4.41. The number of esters is 2. The van der Waals surface area contributed by atoms with E-state index in [1.807, 2.05) is 12.1 Å². The maximum Gasteiger partial charge on any atom is 0.416 e. The van der Waals surface area contributed by atoms with Crippen LogP contribution in [0.5, 0.6) is 5.75 Å². The Bertz CT molecular complexity index is 6830. The summed E-state index contributed by atoms with van der Waals surface area (Å²) in [6, 6.07) is 45.2. The number of nitrogens with zero attached hydrogens (tertiary/aromatic N) is 22. The molecule has 730 valence electrons. The molecule has 16 aromatic rings. The first kappa shape index (κ1) is 104. The number of nitrogens with one attached hydrogen (secondary N) is 4. The van der Waals surface area contributed by atoms with E-state index in [0.717, 1.165) is 81.5 Å². The normalized spacial score (nSPS) is 11.2. The van der Waals surface area contributed by atoms with Crippen molar-refractivity contribution in [1.29, 1.82) is 0 Å². The first-order valence-corrected chi connectivity index (χ1v) is 40.3. The molecule has 8 N–H and O–H groups in total. The summed E-state index contributed by atoms with van der Waals surface area (Å²) in [6.45, 7) is 0.194. The number of carboxylic acids is 1. The van der Waals surface area contributed by atoms with E-state index in [9.17, 15) is 89.8 Å². The molecular formula is C87H69BrF15N27O11. The maximum atomic E-state index is 12.7. The van der Waals surface area contributed by atoms with Crippen LogP contribution in [-0.4, -0.2) is 184 Å². The van der Waals surface area contributed by atoms with Crippen LogP contribution in [0.25, 0.3) is 28.4 Å². The van der Waals surface area contributed by atoms with Gasteiger partial charge in [0.15, 0.2) is 0 Å². The number of hydrogen-bond acceptors (Lipinski definition) is 30. The van der Waals surface area contributed by atoms with Gasteiger partial charge >= 0.3 is 48.8 Å². The molecule has 0 atom stereocenters. The van der Waals surface area contributed by atoms with Crippen molar-refractivity contribution in [1.82, 2.24) is 109 Å². The van der Waals surface area contributed by atoms with Gasteiger partial charge in [0, 0.05) is 24.8 Å². The molecule has 54 heteroatoms. The number of carbonyl (C=O) groups excluding carboxylic acids is 4. The Balaban J connectivity index is 0.000000166. The lowest BCUT2D eigenvalue weighted by Gasteiger charge is -2.16. The highest BCUT2D eigenvalue weighted by Crippen LogP contribution is 2.35. The Hall–Kier alpha value is -17.7. The van der Waals surface area contributed by atoms with Gasteiger partial charge in [-0.15, -0.1) is 25.5 Å². The largest absolute Gasteiger partial charge is 0.497 e. The van der Waals surface area contributed by atoms with E-state index in [1.54, 1.807) is 55.8 Å². The van der Waals surface area contributed by atoms with Crippen LogP contribution in [0.1, 0.15) is 85.8 Å². The number of aromatic nitrogens is 20. The van der Waals surface area contributed by atoms with E-state index in [4.69, 9.17) is 25.6 Å². The van der Waals surface area contributed by atoms with Crippen LogP contribution in [-0.2, 0) is 51.8 Å². The lowest BCUT2D eigenvalue weighted by Crippen LogP contribution is -2.27. The van der Waals surface area contributed by atoms with Crippen molar-refractivity contribution in [3.63, 3.8) is 0 Å². The molecule has 38 nitrogen and oxygen atoms in total. The van der Waals surface area contributed by atoms with Gasteiger partial charge in [-0.05, 0) is 216 Å². The van der Waals surface area contributed by atoms with Crippen molar-refractivity contribution >= 4 is 98.1 Å². The summed E-state index contributed by atoms with van der Waals surface area (Å²) in [4.78, 5) is 102. The molecular weight excluding hydrogens is 1960 g/mol. The van der Waals surface area contributed by atoms with E-state index in [1.165, 1.54) is 199 Å². The molecule has 10 aromatic heterocycles. The Morgan fingerprint density at radius 1 is 0.355 bits per heavy atom. The average Bonchev–Trinajstić information content (AvgIpc) is 1.83. The topological polar surface area (TPSA) is 461 Å². The number of aromatic carboxylic acids is 1. The highest BCUT2D eigenvalue weighted by molar-refractivity contribution is 9.10. The minimum absolute atomic E-state index is 0.0498. The summed E-state index contributed by atoms with van der Waals surface area (Å²) in [5.41, 5.74) is 7.18. The molecule has 141 heavy (non-hydrogen) atoms. The number of pyridine rings is 5. The second kappa shape index (κ2) is 46.2. The molecule has 0 saturated heterocycles.